The van der Waals surface area contributed by atoms with Gasteiger partial charge in [0.15, 0.2) is 6.10 Å². The van der Waals surface area contributed by atoms with Crippen LogP contribution in [0, 0.1) is 11.3 Å². The summed E-state index contributed by atoms with van der Waals surface area (Å²) in [5, 5.41) is 8.70. The minimum Gasteiger partial charge on any atom is -0.431 e. The van der Waals surface area contributed by atoms with Crippen LogP contribution in [-0.4, -0.2) is 29.7 Å². The number of hydrogen-bond acceptors (Lipinski definition) is 3. The summed E-state index contributed by atoms with van der Waals surface area (Å²) >= 11 is 0. The highest BCUT2D eigenvalue weighted by molar-refractivity contribution is 5.69. The third-order valence-corrected chi connectivity index (χ3v) is 3.52. The molecule has 4 nitrogen and oxygen atoms in total. The van der Waals surface area contributed by atoms with Crippen LogP contribution in [0.1, 0.15) is 44.9 Å². The third kappa shape index (κ3) is 2.46. The van der Waals surface area contributed by atoms with Crippen molar-refractivity contribution in [3.63, 3.8) is 0 Å². The topological polar surface area (TPSA) is 53.3 Å². The highest BCUT2D eigenvalue weighted by Gasteiger charge is 2.32. The van der Waals surface area contributed by atoms with Crippen LogP contribution in [-0.2, 0) is 4.74 Å². The summed E-state index contributed by atoms with van der Waals surface area (Å²) in [5.74, 6) is 0. The lowest BCUT2D eigenvalue weighted by molar-refractivity contribution is 0.0291. The van der Waals surface area contributed by atoms with Gasteiger partial charge < -0.3 is 9.64 Å². The van der Waals surface area contributed by atoms with Crippen LogP contribution in [0.5, 0.6) is 0 Å². The van der Waals surface area contributed by atoms with Gasteiger partial charge in [-0.25, -0.2) is 4.79 Å². The number of nitrogens with zero attached hydrogens (tertiary/aromatic N) is 2. The lowest BCUT2D eigenvalue weighted by Gasteiger charge is -2.34. The van der Waals surface area contributed by atoms with Gasteiger partial charge in [0.1, 0.15) is 6.07 Å². The number of rotatable bonds is 1. The molecule has 0 aromatic rings. The summed E-state index contributed by atoms with van der Waals surface area (Å²) in [6, 6.07) is 2.34. The van der Waals surface area contributed by atoms with E-state index in [1.54, 1.807) is 0 Å². The van der Waals surface area contributed by atoms with E-state index in [4.69, 9.17) is 10.00 Å². The molecular formula is C12H18N2O2. The summed E-state index contributed by atoms with van der Waals surface area (Å²) in [6.45, 7) is 0.682. The number of carbonyl (C=O) groups excluding carboxylic acids is 1. The molecule has 1 atom stereocenters. The molecule has 0 bridgehead atoms. The van der Waals surface area contributed by atoms with E-state index < -0.39 is 6.10 Å². The van der Waals surface area contributed by atoms with E-state index in [-0.39, 0.29) is 6.09 Å². The Bertz CT molecular complexity index is 290. The number of ether oxygens (including phenoxy) is 1. The normalized spacial score (nSPS) is 28.1. The maximum absolute atomic E-state index is 11.7. The summed E-state index contributed by atoms with van der Waals surface area (Å²) < 4.78 is 5.07. The monoisotopic (exact) mass is 222 g/mol. The number of hydrogen-bond donors (Lipinski definition) is 0. The predicted molar refractivity (Wildman–Crippen MR) is 58.7 cm³/mol. The Hall–Kier alpha value is -1.24. The van der Waals surface area contributed by atoms with Gasteiger partial charge >= 0.3 is 6.09 Å². The number of nitriles is 1. The number of amides is 1. The molecule has 1 heterocycles. The molecule has 1 aliphatic heterocycles. The largest absolute Gasteiger partial charge is 0.431 e. The quantitative estimate of drug-likeness (QED) is 0.640. The molecule has 1 saturated heterocycles. The first-order chi connectivity index (χ1) is 7.81. The van der Waals surface area contributed by atoms with Crippen molar-refractivity contribution in [2.75, 3.05) is 6.54 Å². The molecule has 2 rings (SSSR count). The molecule has 0 aromatic heterocycles. The van der Waals surface area contributed by atoms with Gasteiger partial charge in [-0.1, -0.05) is 25.7 Å². The minimum atomic E-state index is -0.533. The molecule has 1 unspecified atom stereocenters. The van der Waals surface area contributed by atoms with Crippen molar-refractivity contribution in [1.29, 1.82) is 5.26 Å². The second kappa shape index (κ2) is 5.20. The van der Waals surface area contributed by atoms with Gasteiger partial charge in [-0.2, -0.15) is 5.26 Å². The molecule has 2 aliphatic rings. The van der Waals surface area contributed by atoms with E-state index in [0.717, 1.165) is 12.8 Å². The minimum absolute atomic E-state index is 0.287. The summed E-state index contributed by atoms with van der Waals surface area (Å²) in [6.07, 6.45) is 6.98. The Balaban J connectivity index is 1.94. The molecule has 0 aromatic carbocycles. The Labute approximate surface area is 96.2 Å². The lowest BCUT2D eigenvalue weighted by Crippen LogP contribution is -2.47. The van der Waals surface area contributed by atoms with Crippen molar-refractivity contribution in [2.45, 2.75) is 57.1 Å². The van der Waals surface area contributed by atoms with Crippen molar-refractivity contribution in [3.05, 3.63) is 0 Å². The molecule has 1 saturated carbocycles. The highest BCUT2D eigenvalue weighted by Crippen LogP contribution is 2.25. The van der Waals surface area contributed by atoms with E-state index in [2.05, 4.69) is 0 Å². The van der Waals surface area contributed by atoms with Crippen molar-refractivity contribution < 1.29 is 9.53 Å². The fourth-order valence-electron chi connectivity index (χ4n) is 2.59. The first-order valence-corrected chi connectivity index (χ1v) is 6.18. The average Bonchev–Trinajstić information content (AvgIpc) is 2.57. The zero-order valence-electron chi connectivity index (χ0n) is 9.52. The van der Waals surface area contributed by atoms with Crippen LogP contribution in [0.4, 0.5) is 4.79 Å². The summed E-state index contributed by atoms with van der Waals surface area (Å²) in [7, 11) is 0. The second-order valence-electron chi connectivity index (χ2n) is 4.63. The standard InChI is InChI=1S/C12H18N2O2/c13-9-11-7-8-14(12(15)16-11)10-5-3-1-2-4-6-10/h10-11H,1-8H2. The van der Waals surface area contributed by atoms with Gasteiger partial charge in [-0.3, -0.25) is 0 Å². The summed E-state index contributed by atoms with van der Waals surface area (Å²) in [5.41, 5.74) is 0. The molecular weight excluding hydrogens is 204 g/mol. The zero-order chi connectivity index (χ0) is 11.4. The maximum atomic E-state index is 11.7. The fraction of sp³-hybridized carbons (Fsp3) is 0.833. The number of cyclic esters (lactones) is 1. The Morgan fingerprint density at radius 3 is 2.44 bits per heavy atom. The summed E-state index contributed by atoms with van der Waals surface area (Å²) in [4.78, 5) is 13.6. The first kappa shape index (κ1) is 11.3. The molecule has 2 fully saturated rings. The van der Waals surface area contributed by atoms with E-state index in [0.29, 0.717) is 19.0 Å². The van der Waals surface area contributed by atoms with Crippen molar-refractivity contribution >= 4 is 6.09 Å². The Morgan fingerprint density at radius 1 is 1.19 bits per heavy atom. The van der Waals surface area contributed by atoms with Gasteiger partial charge in [0.2, 0.25) is 0 Å². The van der Waals surface area contributed by atoms with Crippen LogP contribution in [0.3, 0.4) is 0 Å². The van der Waals surface area contributed by atoms with Crippen LogP contribution in [0.25, 0.3) is 0 Å². The van der Waals surface area contributed by atoms with Gasteiger partial charge in [0.05, 0.1) is 0 Å². The van der Waals surface area contributed by atoms with Crippen LogP contribution in [0.2, 0.25) is 0 Å². The van der Waals surface area contributed by atoms with E-state index in [9.17, 15) is 4.79 Å². The van der Waals surface area contributed by atoms with Crippen LogP contribution < -0.4 is 0 Å². The van der Waals surface area contributed by atoms with E-state index in [1.165, 1.54) is 25.7 Å². The van der Waals surface area contributed by atoms with Crippen molar-refractivity contribution in [2.24, 2.45) is 0 Å². The number of carbonyl (C=O) groups is 1. The molecule has 16 heavy (non-hydrogen) atoms. The molecule has 0 spiro atoms. The Kier molecular flexibility index (Phi) is 3.66. The molecule has 88 valence electrons. The van der Waals surface area contributed by atoms with Gasteiger partial charge in [0.25, 0.3) is 0 Å². The SMILES string of the molecule is N#CC1CCN(C2CCCCCC2)C(=O)O1. The first-order valence-electron chi connectivity index (χ1n) is 6.18. The average molecular weight is 222 g/mol. The molecule has 4 heteroatoms. The predicted octanol–water partition coefficient (Wildman–Crippen LogP) is 2.44. The van der Waals surface area contributed by atoms with Crippen LogP contribution >= 0.6 is 0 Å². The Morgan fingerprint density at radius 2 is 1.88 bits per heavy atom. The van der Waals surface area contributed by atoms with Crippen LogP contribution in [0.15, 0.2) is 0 Å². The van der Waals surface area contributed by atoms with Crippen molar-refractivity contribution in [1.82, 2.24) is 4.90 Å². The molecule has 0 N–H and O–H groups in total. The molecule has 0 radical (unpaired) electrons. The van der Waals surface area contributed by atoms with E-state index >= 15 is 0 Å². The molecule has 1 aliphatic carbocycles. The lowest BCUT2D eigenvalue weighted by atomic mass is 10.1. The van der Waals surface area contributed by atoms with Gasteiger partial charge in [-0.15, -0.1) is 0 Å². The fourth-order valence-corrected chi connectivity index (χ4v) is 2.59. The zero-order valence-corrected chi connectivity index (χ0v) is 9.52. The van der Waals surface area contributed by atoms with Gasteiger partial charge in [-0.05, 0) is 12.8 Å². The second-order valence-corrected chi connectivity index (χ2v) is 4.63. The third-order valence-electron chi connectivity index (χ3n) is 3.52. The highest BCUT2D eigenvalue weighted by atomic mass is 16.6. The van der Waals surface area contributed by atoms with Gasteiger partial charge in [0, 0.05) is 19.0 Å². The van der Waals surface area contributed by atoms with Crippen molar-refractivity contribution in [3.8, 4) is 6.07 Å². The van der Waals surface area contributed by atoms with E-state index in [1.807, 2.05) is 11.0 Å². The smallest absolute Gasteiger partial charge is 0.411 e. The maximum Gasteiger partial charge on any atom is 0.411 e. The molecule has 1 amide bonds.